The lowest BCUT2D eigenvalue weighted by atomic mass is 10.0. The summed E-state index contributed by atoms with van der Waals surface area (Å²) in [5.74, 6) is -0.218. The number of amides is 1. The normalized spacial score (nSPS) is 11.6. The summed E-state index contributed by atoms with van der Waals surface area (Å²) in [6.07, 6.45) is -0.964. The van der Waals surface area contributed by atoms with Crippen molar-refractivity contribution in [3.05, 3.63) is 94.5 Å². The summed E-state index contributed by atoms with van der Waals surface area (Å²) < 4.78 is 11.6. The average molecular weight is 519 g/mol. The highest BCUT2D eigenvalue weighted by atomic mass is 79.9. The van der Waals surface area contributed by atoms with Gasteiger partial charge in [0, 0.05) is 22.0 Å². The molecule has 1 amide bonds. The molecule has 4 rings (SSSR count). The van der Waals surface area contributed by atoms with Gasteiger partial charge in [-0.25, -0.2) is 9.78 Å². The Balaban J connectivity index is 1.51. The van der Waals surface area contributed by atoms with Gasteiger partial charge in [-0.05, 0) is 48.9 Å². The van der Waals surface area contributed by atoms with Gasteiger partial charge in [-0.2, -0.15) is 0 Å². The molecule has 1 aromatic heterocycles. The van der Waals surface area contributed by atoms with Crippen LogP contribution < -0.4 is 10.1 Å². The monoisotopic (exact) mass is 518 g/mol. The molecule has 1 heterocycles. The minimum absolute atomic E-state index is 0.316. The van der Waals surface area contributed by atoms with E-state index in [1.165, 1.54) is 0 Å². The molecule has 0 aliphatic rings. The summed E-state index contributed by atoms with van der Waals surface area (Å²) in [7, 11) is 1.60. The molecule has 4 aromatic rings. The maximum absolute atomic E-state index is 13.1. The molecule has 0 aliphatic heterocycles. The van der Waals surface area contributed by atoms with Crippen LogP contribution in [-0.4, -0.2) is 30.1 Å². The topological polar surface area (TPSA) is 77.5 Å². The minimum Gasteiger partial charge on any atom is -0.497 e. The summed E-state index contributed by atoms with van der Waals surface area (Å²) in [6.45, 7) is 1.87. The standard InChI is InChI=1S/C27H23BrN2O4/c1-17(26(31)29-16-18-7-13-21(33-2)14-8-18)34-27(32)23-15-25(19-9-11-20(28)12-10-19)30-24-6-4-3-5-22(23)24/h3-15,17H,16H2,1-2H3,(H,29,31)/t17-/m0/s1. The third-order valence-electron chi connectivity index (χ3n) is 5.35. The first-order valence-electron chi connectivity index (χ1n) is 10.7. The number of carbonyl (C=O) groups is 2. The number of rotatable bonds is 7. The number of carbonyl (C=O) groups excluding carboxylic acids is 2. The predicted molar refractivity (Wildman–Crippen MR) is 135 cm³/mol. The van der Waals surface area contributed by atoms with Gasteiger partial charge < -0.3 is 14.8 Å². The van der Waals surface area contributed by atoms with Crippen LogP contribution in [0.1, 0.15) is 22.8 Å². The first-order chi connectivity index (χ1) is 16.4. The number of pyridine rings is 1. The van der Waals surface area contributed by atoms with Crippen molar-refractivity contribution in [1.29, 1.82) is 0 Å². The van der Waals surface area contributed by atoms with Crippen LogP contribution in [-0.2, 0) is 16.1 Å². The Morgan fingerprint density at radius 3 is 2.41 bits per heavy atom. The van der Waals surface area contributed by atoms with Crippen LogP contribution in [0.25, 0.3) is 22.2 Å². The molecule has 0 spiro atoms. The number of aromatic nitrogens is 1. The number of fused-ring (bicyclic) bond motifs is 1. The molecule has 0 saturated heterocycles. The van der Waals surface area contributed by atoms with Crippen LogP contribution >= 0.6 is 15.9 Å². The number of ether oxygens (including phenoxy) is 2. The van der Waals surface area contributed by atoms with E-state index >= 15 is 0 Å². The van der Waals surface area contributed by atoms with E-state index < -0.39 is 12.1 Å². The van der Waals surface area contributed by atoms with Gasteiger partial charge in [0.15, 0.2) is 6.10 Å². The van der Waals surface area contributed by atoms with Gasteiger partial charge in [-0.3, -0.25) is 4.79 Å². The van der Waals surface area contributed by atoms with Crippen molar-refractivity contribution in [3.63, 3.8) is 0 Å². The second-order valence-electron chi connectivity index (χ2n) is 7.69. The Hall–Kier alpha value is -3.71. The van der Waals surface area contributed by atoms with Crippen LogP contribution in [0.2, 0.25) is 0 Å². The zero-order chi connectivity index (χ0) is 24.1. The Labute approximate surface area is 206 Å². The van der Waals surface area contributed by atoms with E-state index in [4.69, 9.17) is 14.5 Å². The lowest BCUT2D eigenvalue weighted by molar-refractivity contribution is -0.129. The Morgan fingerprint density at radius 1 is 1.00 bits per heavy atom. The fraction of sp³-hybridized carbons (Fsp3) is 0.148. The first-order valence-corrected chi connectivity index (χ1v) is 11.5. The van der Waals surface area contributed by atoms with E-state index in [-0.39, 0.29) is 5.91 Å². The number of nitrogens with one attached hydrogen (secondary N) is 1. The maximum Gasteiger partial charge on any atom is 0.339 e. The largest absolute Gasteiger partial charge is 0.497 e. The maximum atomic E-state index is 13.1. The first kappa shape index (κ1) is 23.4. The van der Waals surface area contributed by atoms with Crippen molar-refractivity contribution in [3.8, 4) is 17.0 Å². The average Bonchev–Trinajstić information content (AvgIpc) is 2.87. The molecule has 0 fully saturated rings. The van der Waals surface area contributed by atoms with Crippen molar-refractivity contribution in [2.75, 3.05) is 7.11 Å². The fourth-order valence-electron chi connectivity index (χ4n) is 3.47. The van der Waals surface area contributed by atoms with Gasteiger partial charge >= 0.3 is 5.97 Å². The van der Waals surface area contributed by atoms with Crippen molar-refractivity contribution in [2.45, 2.75) is 19.6 Å². The second kappa shape index (κ2) is 10.5. The summed E-state index contributed by atoms with van der Waals surface area (Å²) in [6, 6.07) is 24.1. The fourth-order valence-corrected chi connectivity index (χ4v) is 3.73. The van der Waals surface area contributed by atoms with Crippen LogP contribution in [0, 0.1) is 0 Å². The van der Waals surface area contributed by atoms with Crippen LogP contribution in [0.5, 0.6) is 5.75 Å². The van der Waals surface area contributed by atoms with Crippen LogP contribution in [0.15, 0.2) is 83.3 Å². The Morgan fingerprint density at radius 2 is 1.71 bits per heavy atom. The van der Waals surface area contributed by atoms with Crippen molar-refractivity contribution >= 4 is 38.7 Å². The highest BCUT2D eigenvalue weighted by molar-refractivity contribution is 9.10. The van der Waals surface area contributed by atoms with Crippen molar-refractivity contribution in [2.24, 2.45) is 0 Å². The number of hydrogen-bond donors (Lipinski definition) is 1. The highest BCUT2D eigenvalue weighted by Crippen LogP contribution is 2.26. The number of benzene rings is 3. The Bertz CT molecular complexity index is 1320. The summed E-state index contributed by atoms with van der Waals surface area (Å²) >= 11 is 3.43. The quantitative estimate of drug-likeness (QED) is 0.325. The summed E-state index contributed by atoms with van der Waals surface area (Å²) in [4.78, 5) is 30.4. The molecule has 7 heteroatoms. The summed E-state index contributed by atoms with van der Waals surface area (Å²) in [5, 5.41) is 3.46. The Kier molecular flexibility index (Phi) is 7.23. The van der Waals surface area contributed by atoms with E-state index in [0.29, 0.717) is 28.7 Å². The molecule has 172 valence electrons. The molecular formula is C27H23BrN2O4. The van der Waals surface area contributed by atoms with E-state index in [2.05, 4.69) is 21.2 Å². The second-order valence-corrected chi connectivity index (χ2v) is 8.61. The van der Waals surface area contributed by atoms with Crippen molar-refractivity contribution in [1.82, 2.24) is 10.3 Å². The number of para-hydroxylation sites is 1. The molecule has 0 bridgehead atoms. The molecule has 6 nitrogen and oxygen atoms in total. The summed E-state index contributed by atoms with van der Waals surface area (Å²) in [5.41, 5.74) is 3.46. The van der Waals surface area contributed by atoms with Gasteiger partial charge in [0.1, 0.15) is 5.75 Å². The number of nitrogens with zero attached hydrogens (tertiary/aromatic N) is 1. The van der Waals surface area contributed by atoms with Gasteiger partial charge in [0.05, 0.1) is 23.9 Å². The molecule has 34 heavy (non-hydrogen) atoms. The molecular weight excluding hydrogens is 496 g/mol. The molecule has 0 saturated carbocycles. The van der Waals surface area contributed by atoms with E-state index in [1.54, 1.807) is 20.1 Å². The van der Waals surface area contributed by atoms with Gasteiger partial charge in [0.25, 0.3) is 5.91 Å². The smallest absolute Gasteiger partial charge is 0.339 e. The highest BCUT2D eigenvalue weighted by Gasteiger charge is 2.21. The predicted octanol–water partition coefficient (Wildman–Crippen LogP) is 5.53. The third kappa shape index (κ3) is 5.43. The van der Waals surface area contributed by atoms with Gasteiger partial charge in [-0.15, -0.1) is 0 Å². The molecule has 0 radical (unpaired) electrons. The zero-order valence-corrected chi connectivity index (χ0v) is 20.3. The minimum atomic E-state index is -0.964. The zero-order valence-electron chi connectivity index (χ0n) is 18.7. The van der Waals surface area contributed by atoms with Gasteiger partial charge in [-0.1, -0.05) is 58.4 Å². The third-order valence-corrected chi connectivity index (χ3v) is 5.88. The van der Waals surface area contributed by atoms with Crippen LogP contribution in [0.4, 0.5) is 0 Å². The molecule has 1 N–H and O–H groups in total. The SMILES string of the molecule is COc1ccc(CNC(=O)[C@H](C)OC(=O)c2cc(-c3ccc(Br)cc3)nc3ccccc23)cc1. The number of esters is 1. The molecule has 0 aliphatic carbocycles. The number of methoxy groups -OCH3 is 1. The van der Waals surface area contributed by atoms with E-state index in [1.807, 2.05) is 72.8 Å². The number of halogens is 1. The van der Waals surface area contributed by atoms with Crippen molar-refractivity contribution < 1.29 is 19.1 Å². The molecule has 0 unspecified atom stereocenters. The molecule has 3 aromatic carbocycles. The van der Waals surface area contributed by atoms with Crippen LogP contribution in [0.3, 0.4) is 0 Å². The molecule has 1 atom stereocenters. The van der Waals surface area contributed by atoms with E-state index in [0.717, 1.165) is 21.3 Å². The van der Waals surface area contributed by atoms with Gasteiger partial charge in [0.2, 0.25) is 0 Å². The lowest BCUT2D eigenvalue weighted by Crippen LogP contribution is -2.35. The number of hydrogen-bond acceptors (Lipinski definition) is 5. The lowest BCUT2D eigenvalue weighted by Gasteiger charge is -2.15. The van der Waals surface area contributed by atoms with E-state index in [9.17, 15) is 9.59 Å².